The van der Waals surface area contributed by atoms with Crippen molar-refractivity contribution >= 4 is 11.8 Å². The van der Waals surface area contributed by atoms with Crippen LogP contribution in [-0.4, -0.2) is 36.4 Å². The average molecular weight is 445 g/mol. The lowest BCUT2D eigenvalue weighted by molar-refractivity contribution is -0.141. The van der Waals surface area contributed by atoms with Crippen LogP contribution >= 0.6 is 0 Å². The van der Waals surface area contributed by atoms with Crippen molar-refractivity contribution in [3.8, 4) is 5.75 Å². The van der Waals surface area contributed by atoms with Gasteiger partial charge in [0.15, 0.2) is 0 Å². The standard InChI is InChI=1S/C28H32N2O3/c1-22-15-17-25(18-16-22)33-19-9-14-27(31)30(21-24-12-7-4-8-13-24)26(28(32)29-2)20-23-10-5-3-6-11-23/h3-8,10-13,15-18,26H,9,14,19-21H2,1-2H3,(H,29,32)/t26-/m1/s1. The van der Waals surface area contributed by atoms with Gasteiger partial charge in [-0.05, 0) is 36.6 Å². The normalized spacial score (nSPS) is 11.5. The first-order chi connectivity index (χ1) is 16.1. The van der Waals surface area contributed by atoms with Crippen LogP contribution in [0, 0.1) is 6.92 Å². The molecule has 1 N–H and O–H groups in total. The third kappa shape index (κ3) is 7.49. The molecule has 0 aliphatic carbocycles. The highest BCUT2D eigenvalue weighted by Gasteiger charge is 2.29. The molecule has 0 fully saturated rings. The van der Waals surface area contributed by atoms with Crippen molar-refractivity contribution in [2.45, 2.75) is 38.8 Å². The number of carbonyl (C=O) groups excluding carboxylic acids is 2. The number of carbonyl (C=O) groups is 2. The predicted octanol–water partition coefficient (Wildman–Crippen LogP) is 4.54. The van der Waals surface area contributed by atoms with Gasteiger partial charge in [-0.2, -0.15) is 0 Å². The Bertz CT molecular complexity index is 1000. The second kappa shape index (κ2) is 12.4. The Hall–Kier alpha value is -3.60. The summed E-state index contributed by atoms with van der Waals surface area (Å²) in [4.78, 5) is 27.9. The zero-order chi connectivity index (χ0) is 23.5. The number of nitrogens with one attached hydrogen (secondary N) is 1. The summed E-state index contributed by atoms with van der Waals surface area (Å²) in [5.74, 6) is 0.566. The van der Waals surface area contributed by atoms with E-state index in [4.69, 9.17) is 4.74 Å². The molecule has 3 rings (SSSR count). The lowest BCUT2D eigenvalue weighted by Crippen LogP contribution is -2.49. The van der Waals surface area contributed by atoms with Crippen LogP contribution in [0.1, 0.15) is 29.5 Å². The third-order valence-corrected chi connectivity index (χ3v) is 5.54. The molecule has 5 nitrogen and oxygen atoms in total. The maximum atomic E-state index is 13.3. The molecule has 172 valence electrons. The van der Waals surface area contributed by atoms with Gasteiger partial charge < -0.3 is 15.0 Å². The minimum Gasteiger partial charge on any atom is -0.494 e. The van der Waals surface area contributed by atoms with Gasteiger partial charge in [0.2, 0.25) is 11.8 Å². The summed E-state index contributed by atoms with van der Waals surface area (Å²) in [7, 11) is 1.61. The Labute approximate surface area is 196 Å². The number of hydrogen-bond acceptors (Lipinski definition) is 3. The van der Waals surface area contributed by atoms with Gasteiger partial charge >= 0.3 is 0 Å². The lowest BCUT2D eigenvalue weighted by Gasteiger charge is -2.31. The van der Waals surface area contributed by atoms with Crippen LogP contribution < -0.4 is 10.1 Å². The summed E-state index contributed by atoms with van der Waals surface area (Å²) in [6.45, 7) is 2.85. The SMILES string of the molecule is CNC(=O)[C@@H](Cc1ccccc1)N(Cc1ccccc1)C(=O)CCCOc1ccc(C)cc1. The number of likely N-dealkylation sites (N-methyl/N-ethyl adjacent to an activating group) is 1. The Morgan fingerprint density at radius 3 is 2.09 bits per heavy atom. The number of ether oxygens (including phenoxy) is 1. The Balaban J connectivity index is 1.71. The second-order valence-electron chi connectivity index (χ2n) is 8.09. The number of hydrogen-bond donors (Lipinski definition) is 1. The average Bonchev–Trinajstić information content (AvgIpc) is 2.85. The van der Waals surface area contributed by atoms with E-state index in [1.165, 1.54) is 5.56 Å². The monoisotopic (exact) mass is 444 g/mol. The van der Waals surface area contributed by atoms with Crippen molar-refractivity contribution in [1.82, 2.24) is 10.2 Å². The summed E-state index contributed by atoms with van der Waals surface area (Å²) < 4.78 is 5.78. The summed E-state index contributed by atoms with van der Waals surface area (Å²) >= 11 is 0. The topological polar surface area (TPSA) is 58.6 Å². The molecule has 0 saturated heterocycles. The zero-order valence-electron chi connectivity index (χ0n) is 19.4. The van der Waals surface area contributed by atoms with E-state index in [0.29, 0.717) is 32.4 Å². The minimum absolute atomic E-state index is 0.0594. The van der Waals surface area contributed by atoms with E-state index in [1.54, 1.807) is 11.9 Å². The van der Waals surface area contributed by atoms with Crippen molar-refractivity contribution in [3.05, 3.63) is 102 Å². The molecular formula is C28H32N2O3. The fourth-order valence-corrected chi connectivity index (χ4v) is 3.69. The summed E-state index contributed by atoms with van der Waals surface area (Å²) in [5.41, 5.74) is 3.18. The molecule has 33 heavy (non-hydrogen) atoms. The number of benzene rings is 3. The molecule has 0 heterocycles. The molecule has 1 atom stereocenters. The van der Waals surface area contributed by atoms with Gasteiger partial charge in [0.25, 0.3) is 0 Å². The number of amides is 2. The van der Waals surface area contributed by atoms with Crippen LogP contribution in [0.2, 0.25) is 0 Å². The molecular weight excluding hydrogens is 412 g/mol. The van der Waals surface area contributed by atoms with E-state index >= 15 is 0 Å². The first-order valence-corrected chi connectivity index (χ1v) is 11.3. The maximum Gasteiger partial charge on any atom is 0.242 e. The highest BCUT2D eigenvalue weighted by molar-refractivity contribution is 5.87. The van der Waals surface area contributed by atoms with Crippen LogP contribution in [0.25, 0.3) is 0 Å². The first-order valence-electron chi connectivity index (χ1n) is 11.3. The smallest absolute Gasteiger partial charge is 0.242 e. The largest absolute Gasteiger partial charge is 0.494 e. The molecule has 0 bridgehead atoms. The zero-order valence-corrected chi connectivity index (χ0v) is 19.4. The Kier molecular flexibility index (Phi) is 9.07. The van der Waals surface area contributed by atoms with E-state index in [1.807, 2.05) is 91.9 Å². The summed E-state index contributed by atoms with van der Waals surface area (Å²) in [6.07, 6.45) is 1.34. The molecule has 0 aliphatic rings. The molecule has 0 aliphatic heterocycles. The molecule has 2 amide bonds. The van der Waals surface area contributed by atoms with Crippen molar-refractivity contribution in [1.29, 1.82) is 0 Å². The van der Waals surface area contributed by atoms with Crippen LogP contribution in [0.15, 0.2) is 84.9 Å². The molecule has 0 saturated carbocycles. The van der Waals surface area contributed by atoms with E-state index in [-0.39, 0.29) is 11.8 Å². The van der Waals surface area contributed by atoms with Crippen molar-refractivity contribution in [2.75, 3.05) is 13.7 Å². The van der Waals surface area contributed by atoms with Crippen LogP contribution in [0.4, 0.5) is 0 Å². The first kappa shape index (κ1) is 24.1. The molecule has 0 radical (unpaired) electrons. The van der Waals surface area contributed by atoms with Gasteiger partial charge in [0, 0.05) is 26.4 Å². The predicted molar refractivity (Wildman–Crippen MR) is 131 cm³/mol. The Morgan fingerprint density at radius 2 is 1.48 bits per heavy atom. The van der Waals surface area contributed by atoms with Gasteiger partial charge in [-0.25, -0.2) is 0 Å². The fraction of sp³-hybridized carbons (Fsp3) is 0.286. The summed E-state index contributed by atoms with van der Waals surface area (Å²) in [6, 6.07) is 26.9. The van der Waals surface area contributed by atoms with Crippen LogP contribution in [-0.2, 0) is 22.6 Å². The van der Waals surface area contributed by atoms with Gasteiger partial charge in [0.1, 0.15) is 11.8 Å². The van der Waals surface area contributed by atoms with Gasteiger partial charge in [-0.15, -0.1) is 0 Å². The third-order valence-electron chi connectivity index (χ3n) is 5.54. The van der Waals surface area contributed by atoms with Gasteiger partial charge in [-0.3, -0.25) is 9.59 Å². The number of rotatable bonds is 11. The molecule has 0 spiro atoms. The van der Waals surface area contributed by atoms with E-state index in [9.17, 15) is 9.59 Å². The quantitative estimate of drug-likeness (QED) is 0.442. The molecule has 0 unspecified atom stereocenters. The summed E-state index contributed by atoms with van der Waals surface area (Å²) in [5, 5.41) is 2.74. The van der Waals surface area contributed by atoms with E-state index < -0.39 is 6.04 Å². The van der Waals surface area contributed by atoms with Crippen molar-refractivity contribution < 1.29 is 14.3 Å². The molecule has 3 aromatic carbocycles. The van der Waals surface area contributed by atoms with Crippen molar-refractivity contribution in [3.63, 3.8) is 0 Å². The van der Waals surface area contributed by atoms with E-state index in [0.717, 1.165) is 16.9 Å². The maximum absolute atomic E-state index is 13.3. The lowest BCUT2D eigenvalue weighted by atomic mass is 10.0. The molecule has 0 aromatic heterocycles. The van der Waals surface area contributed by atoms with Crippen LogP contribution in [0.3, 0.4) is 0 Å². The minimum atomic E-state index is -0.594. The second-order valence-corrected chi connectivity index (χ2v) is 8.09. The number of nitrogens with zero attached hydrogens (tertiary/aromatic N) is 1. The van der Waals surface area contributed by atoms with Crippen molar-refractivity contribution in [2.24, 2.45) is 0 Å². The number of aryl methyl sites for hydroxylation is 1. The molecule has 3 aromatic rings. The fourth-order valence-electron chi connectivity index (χ4n) is 3.69. The van der Waals surface area contributed by atoms with Gasteiger partial charge in [-0.1, -0.05) is 78.4 Å². The highest BCUT2D eigenvalue weighted by Crippen LogP contribution is 2.17. The van der Waals surface area contributed by atoms with E-state index in [2.05, 4.69) is 5.32 Å². The highest BCUT2D eigenvalue weighted by atomic mass is 16.5. The Morgan fingerprint density at radius 1 is 0.879 bits per heavy atom. The van der Waals surface area contributed by atoms with Gasteiger partial charge in [0.05, 0.1) is 6.61 Å². The molecule has 5 heteroatoms. The van der Waals surface area contributed by atoms with Crippen LogP contribution in [0.5, 0.6) is 5.75 Å².